The fourth-order valence-electron chi connectivity index (χ4n) is 3.90. The molecule has 5 N–H and O–H groups in total. The molecule has 0 spiro atoms. The van der Waals surface area contributed by atoms with Crippen LogP contribution in [0.15, 0.2) is 68.4 Å². The van der Waals surface area contributed by atoms with Crippen molar-refractivity contribution < 1.29 is 14.0 Å². The molecule has 10 nitrogen and oxygen atoms in total. The van der Waals surface area contributed by atoms with Crippen LogP contribution in [-0.4, -0.2) is 39.9 Å². The molecule has 0 bridgehead atoms. The van der Waals surface area contributed by atoms with Gasteiger partial charge in [-0.15, -0.1) is 0 Å². The van der Waals surface area contributed by atoms with E-state index in [9.17, 15) is 14.4 Å². The molecule has 0 unspecified atom stereocenters. The number of carbonyl (C=O) groups is 2. The summed E-state index contributed by atoms with van der Waals surface area (Å²) in [6.07, 6.45) is 1.24. The number of anilines is 1. The van der Waals surface area contributed by atoms with E-state index in [1.807, 2.05) is 12.1 Å². The number of rotatable bonds is 6. The monoisotopic (exact) mass is 580 g/mol. The standard InChI is InChI=1S/C25H18BrClN6O4/c26-13-2-6-19-16(9-13)20-21(37-19)24(35)32-23(31-20)15-4-3-14(10-17(15)27)33(8-7-28)25(36)18-5-1-12(11-30-18)22(29)34/h1-6,9-11H,7-8,28H2,(H2,29,34)(H,31,32,35). The van der Waals surface area contributed by atoms with Crippen molar-refractivity contribution in [2.75, 3.05) is 18.0 Å². The number of aromatic amines is 1. The van der Waals surface area contributed by atoms with Gasteiger partial charge in [0.1, 0.15) is 22.6 Å². The number of hydrogen-bond donors (Lipinski definition) is 3. The third kappa shape index (κ3) is 4.59. The van der Waals surface area contributed by atoms with E-state index in [-0.39, 0.29) is 40.8 Å². The van der Waals surface area contributed by atoms with E-state index < -0.39 is 17.4 Å². The Kier molecular flexibility index (Phi) is 6.50. The minimum Gasteiger partial charge on any atom is -0.449 e. The Hall–Kier alpha value is -4.06. The molecule has 0 aliphatic heterocycles. The minimum absolute atomic E-state index is 0.105. The number of carbonyl (C=O) groups excluding carboxylic acids is 2. The Morgan fingerprint density at radius 3 is 2.62 bits per heavy atom. The highest BCUT2D eigenvalue weighted by molar-refractivity contribution is 9.10. The zero-order valence-corrected chi connectivity index (χ0v) is 21.3. The van der Waals surface area contributed by atoms with Gasteiger partial charge in [0.2, 0.25) is 11.5 Å². The molecule has 0 aliphatic carbocycles. The molecule has 3 heterocycles. The highest BCUT2D eigenvalue weighted by Crippen LogP contribution is 2.33. The Labute approximate surface area is 222 Å². The lowest BCUT2D eigenvalue weighted by Gasteiger charge is -2.22. The fraction of sp³-hybridized carbons (Fsp3) is 0.0800. The Morgan fingerprint density at radius 2 is 1.95 bits per heavy atom. The molecule has 12 heteroatoms. The number of furan rings is 1. The van der Waals surface area contributed by atoms with Gasteiger partial charge in [0.15, 0.2) is 0 Å². The van der Waals surface area contributed by atoms with Crippen LogP contribution in [0.2, 0.25) is 5.02 Å². The maximum Gasteiger partial charge on any atom is 0.294 e. The number of benzene rings is 2. The first kappa shape index (κ1) is 24.6. The average Bonchev–Trinajstić information content (AvgIpc) is 3.25. The number of halogens is 2. The molecular weight excluding hydrogens is 564 g/mol. The Balaban J connectivity index is 1.53. The molecule has 37 heavy (non-hydrogen) atoms. The van der Waals surface area contributed by atoms with Crippen LogP contribution < -0.4 is 21.9 Å². The SMILES string of the molecule is NCCN(C(=O)c1ccc(C(N)=O)cn1)c1ccc(-c2nc3c(oc4ccc(Br)cc43)c(=O)[nH]2)c(Cl)c1. The van der Waals surface area contributed by atoms with Crippen molar-refractivity contribution in [1.29, 1.82) is 0 Å². The predicted octanol–water partition coefficient (Wildman–Crippen LogP) is 3.85. The lowest BCUT2D eigenvalue weighted by Crippen LogP contribution is -2.36. The van der Waals surface area contributed by atoms with Gasteiger partial charge in [0, 0.05) is 40.4 Å². The van der Waals surface area contributed by atoms with Crippen LogP contribution in [0.4, 0.5) is 5.69 Å². The fourth-order valence-corrected chi connectivity index (χ4v) is 4.52. The smallest absolute Gasteiger partial charge is 0.294 e. The van der Waals surface area contributed by atoms with Gasteiger partial charge >= 0.3 is 0 Å². The van der Waals surface area contributed by atoms with Crippen LogP contribution in [0.1, 0.15) is 20.8 Å². The molecule has 0 aliphatic rings. The molecule has 0 saturated heterocycles. The highest BCUT2D eigenvalue weighted by Gasteiger charge is 2.21. The van der Waals surface area contributed by atoms with E-state index in [1.165, 1.54) is 23.2 Å². The van der Waals surface area contributed by atoms with Crippen molar-refractivity contribution in [1.82, 2.24) is 15.0 Å². The third-order valence-corrected chi connectivity index (χ3v) is 6.48. The van der Waals surface area contributed by atoms with Gasteiger partial charge in [-0.1, -0.05) is 27.5 Å². The molecule has 0 saturated carbocycles. The molecule has 3 aromatic heterocycles. The summed E-state index contributed by atoms with van der Waals surface area (Å²) in [7, 11) is 0. The summed E-state index contributed by atoms with van der Waals surface area (Å²) in [5.74, 6) is -0.834. The van der Waals surface area contributed by atoms with Crippen molar-refractivity contribution in [2.24, 2.45) is 11.5 Å². The first-order valence-corrected chi connectivity index (χ1v) is 12.1. The number of fused-ring (bicyclic) bond motifs is 3. The summed E-state index contributed by atoms with van der Waals surface area (Å²) in [5, 5.41) is 0.930. The van der Waals surface area contributed by atoms with Gasteiger partial charge in [-0.3, -0.25) is 19.4 Å². The van der Waals surface area contributed by atoms with Gasteiger partial charge in [0.25, 0.3) is 11.5 Å². The lowest BCUT2D eigenvalue weighted by molar-refractivity contribution is 0.0976. The zero-order chi connectivity index (χ0) is 26.3. The van der Waals surface area contributed by atoms with Gasteiger partial charge < -0.3 is 25.8 Å². The van der Waals surface area contributed by atoms with Gasteiger partial charge in [-0.2, -0.15) is 0 Å². The van der Waals surface area contributed by atoms with Crippen molar-refractivity contribution in [3.05, 3.63) is 85.8 Å². The van der Waals surface area contributed by atoms with Crippen LogP contribution in [0.5, 0.6) is 0 Å². The van der Waals surface area contributed by atoms with Crippen LogP contribution in [0.3, 0.4) is 0 Å². The second-order valence-electron chi connectivity index (χ2n) is 8.04. The quantitative estimate of drug-likeness (QED) is 0.274. The molecule has 0 atom stereocenters. The number of nitrogens with zero attached hydrogens (tertiary/aromatic N) is 3. The summed E-state index contributed by atoms with van der Waals surface area (Å²) >= 11 is 10.0. The maximum absolute atomic E-state index is 13.2. The second-order valence-corrected chi connectivity index (χ2v) is 9.36. The maximum atomic E-state index is 13.2. The van der Waals surface area contributed by atoms with E-state index >= 15 is 0 Å². The number of pyridine rings is 1. The second kappa shape index (κ2) is 9.77. The topological polar surface area (TPSA) is 161 Å². The summed E-state index contributed by atoms with van der Waals surface area (Å²) in [6.45, 7) is 0.365. The van der Waals surface area contributed by atoms with Crippen molar-refractivity contribution in [3.63, 3.8) is 0 Å². The summed E-state index contributed by atoms with van der Waals surface area (Å²) < 4.78 is 6.49. The number of primary amides is 1. The molecule has 186 valence electrons. The predicted molar refractivity (Wildman–Crippen MR) is 144 cm³/mol. The first-order chi connectivity index (χ1) is 17.8. The van der Waals surface area contributed by atoms with Crippen molar-refractivity contribution >= 4 is 67.1 Å². The average molecular weight is 582 g/mol. The van der Waals surface area contributed by atoms with Gasteiger partial charge in [-0.25, -0.2) is 4.98 Å². The van der Waals surface area contributed by atoms with E-state index in [4.69, 9.17) is 27.5 Å². The van der Waals surface area contributed by atoms with Crippen LogP contribution in [0.25, 0.3) is 33.5 Å². The Bertz CT molecular complexity index is 1750. The first-order valence-electron chi connectivity index (χ1n) is 11.0. The normalized spacial score (nSPS) is 11.2. The highest BCUT2D eigenvalue weighted by atomic mass is 79.9. The van der Waals surface area contributed by atoms with Crippen LogP contribution in [0, 0.1) is 0 Å². The van der Waals surface area contributed by atoms with E-state index in [0.717, 1.165) is 4.47 Å². The van der Waals surface area contributed by atoms with E-state index in [0.29, 0.717) is 27.7 Å². The molecule has 0 radical (unpaired) electrons. The number of nitrogens with two attached hydrogens (primary N) is 2. The van der Waals surface area contributed by atoms with Crippen molar-refractivity contribution in [3.8, 4) is 11.4 Å². The minimum atomic E-state index is -0.645. The van der Waals surface area contributed by atoms with Gasteiger partial charge in [-0.05, 0) is 48.5 Å². The zero-order valence-electron chi connectivity index (χ0n) is 19.0. The van der Waals surface area contributed by atoms with E-state index in [1.54, 1.807) is 24.3 Å². The number of nitrogens with one attached hydrogen (secondary N) is 1. The van der Waals surface area contributed by atoms with Crippen molar-refractivity contribution in [2.45, 2.75) is 0 Å². The summed E-state index contributed by atoms with van der Waals surface area (Å²) in [6, 6.07) is 13.1. The number of H-pyrrole nitrogens is 1. The lowest BCUT2D eigenvalue weighted by atomic mass is 10.1. The van der Waals surface area contributed by atoms with E-state index in [2.05, 4.69) is 30.9 Å². The molecule has 0 fully saturated rings. The van der Waals surface area contributed by atoms with Crippen LogP contribution in [-0.2, 0) is 0 Å². The number of amides is 2. The molecule has 5 rings (SSSR count). The Morgan fingerprint density at radius 1 is 1.14 bits per heavy atom. The molecule has 2 aromatic carbocycles. The summed E-state index contributed by atoms with van der Waals surface area (Å²) in [5.41, 5.74) is 12.8. The molecule has 2 amide bonds. The largest absolute Gasteiger partial charge is 0.449 e. The van der Waals surface area contributed by atoms with Gasteiger partial charge in [0.05, 0.1) is 10.6 Å². The molecule has 5 aromatic rings. The third-order valence-electron chi connectivity index (χ3n) is 5.67. The number of aromatic nitrogens is 3. The number of hydrogen-bond acceptors (Lipinski definition) is 7. The summed E-state index contributed by atoms with van der Waals surface area (Å²) in [4.78, 5) is 50.0. The molecular formula is C25H18BrClN6O4. The van der Waals surface area contributed by atoms with Crippen LogP contribution >= 0.6 is 27.5 Å².